The van der Waals surface area contributed by atoms with E-state index in [2.05, 4.69) is 26.0 Å². The number of rotatable bonds is 4. The van der Waals surface area contributed by atoms with E-state index in [9.17, 15) is 4.79 Å². The van der Waals surface area contributed by atoms with E-state index in [1.54, 1.807) is 18.4 Å². The van der Waals surface area contributed by atoms with Crippen LogP contribution in [0.4, 0.5) is 0 Å². The summed E-state index contributed by atoms with van der Waals surface area (Å²) in [5.74, 6) is 1.41. The molecule has 1 amide bonds. The van der Waals surface area contributed by atoms with E-state index in [1.807, 2.05) is 11.8 Å². The Bertz CT molecular complexity index is 608. The van der Waals surface area contributed by atoms with Gasteiger partial charge in [0.25, 0.3) is 0 Å². The van der Waals surface area contributed by atoms with Gasteiger partial charge in [0.05, 0.1) is 6.54 Å². The highest BCUT2D eigenvalue weighted by Gasteiger charge is 2.31. The highest BCUT2D eigenvalue weighted by molar-refractivity contribution is 7.09. The Morgan fingerprint density at radius 1 is 1.36 bits per heavy atom. The average molecular weight is 364 g/mol. The van der Waals surface area contributed by atoms with E-state index in [1.165, 1.54) is 19.3 Å². The maximum absolute atomic E-state index is 12.7. The van der Waals surface area contributed by atoms with Crippen LogP contribution in [0.1, 0.15) is 49.2 Å². The van der Waals surface area contributed by atoms with Gasteiger partial charge in [-0.2, -0.15) is 0 Å². The molecule has 0 aromatic carbocycles. The molecule has 1 saturated heterocycles. The number of amides is 1. The number of thiazole rings is 1. The molecule has 0 spiro atoms. The number of aryl methyl sites for hydroxylation is 1. The molecule has 1 atom stereocenters. The number of nitrogens with zero attached hydrogens (tertiary/aromatic N) is 3. The van der Waals surface area contributed by atoms with E-state index in [-0.39, 0.29) is 12.0 Å². The molecule has 2 aliphatic rings. The van der Waals surface area contributed by atoms with Crippen molar-refractivity contribution in [1.82, 2.24) is 20.5 Å². The third-order valence-corrected chi connectivity index (χ3v) is 6.06. The predicted molar refractivity (Wildman–Crippen MR) is 102 cm³/mol. The number of aliphatic imine (C=N–C) groups is 1. The van der Waals surface area contributed by atoms with Crippen LogP contribution < -0.4 is 10.6 Å². The highest BCUT2D eigenvalue weighted by atomic mass is 32.1. The first-order valence-electron chi connectivity index (χ1n) is 9.32. The SMILES string of the molecule is CN=C(NCc1nc(C)cs1)NC1CCN(C(=O)C2CCCCC2)C1. The summed E-state index contributed by atoms with van der Waals surface area (Å²) in [5, 5.41) is 9.88. The average Bonchev–Trinajstić information content (AvgIpc) is 3.27. The minimum Gasteiger partial charge on any atom is -0.352 e. The number of carbonyl (C=O) groups is 1. The summed E-state index contributed by atoms with van der Waals surface area (Å²) in [6.45, 7) is 4.32. The summed E-state index contributed by atoms with van der Waals surface area (Å²) >= 11 is 1.66. The molecule has 138 valence electrons. The minimum absolute atomic E-state index is 0.262. The van der Waals surface area contributed by atoms with Crippen molar-refractivity contribution in [2.45, 2.75) is 58.0 Å². The summed E-state index contributed by atoms with van der Waals surface area (Å²) in [6, 6.07) is 0.275. The molecule has 1 aliphatic carbocycles. The van der Waals surface area contributed by atoms with Crippen LogP contribution in [0.5, 0.6) is 0 Å². The molecule has 3 rings (SSSR count). The van der Waals surface area contributed by atoms with Crippen LogP contribution in [0, 0.1) is 12.8 Å². The number of aromatic nitrogens is 1. The second kappa shape index (κ2) is 8.65. The van der Waals surface area contributed by atoms with Gasteiger partial charge in [-0.25, -0.2) is 4.98 Å². The molecule has 1 saturated carbocycles. The first-order valence-corrected chi connectivity index (χ1v) is 10.2. The zero-order chi connectivity index (χ0) is 17.6. The predicted octanol–water partition coefficient (Wildman–Crippen LogP) is 2.30. The molecule has 1 aromatic heterocycles. The smallest absolute Gasteiger partial charge is 0.225 e. The van der Waals surface area contributed by atoms with Crippen LogP contribution in [-0.2, 0) is 11.3 Å². The van der Waals surface area contributed by atoms with E-state index in [0.717, 1.165) is 49.0 Å². The van der Waals surface area contributed by atoms with Crippen molar-refractivity contribution in [3.05, 3.63) is 16.1 Å². The van der Waals surface area contributed by atoms with Gasteiger partial charge in [-0.05, 0) is 26.2 Å². The topological polar surface area (TPSA) is 69.6 Å². The molecule has 1 unspecified atom stereocenters. The fourth-order valence-corrected chi connectivity index (χ4v) is 4.43. The molecular formula is C18H29N5OS. The van der Waals surface area contributed by atoms with Crippen LogP contribution in [0.25, 0.3) is 0 Å². The second-order valence-electron chi connectivity index (χ2n) is 7.06. The number of carbonyl (C=O) groups excluding carboxylic acids is 1. The quantitative estimate of drug-likeness (QED) is 0.636. The van der Waals surface area contributed by atoms with Gasteiger partial charge in [0.15, 0.2) is 5.96 Å². The number of hydrogen-bond donors (Lipinski definition) is 2. The summed E-state index contributed by atoms with van der Waals surface area (Å²) in [4.78, 5) is 23.5. The third-order valence-electron chi connectivity index (χ3n) is 5.09. The molecule has 7 heteroatoms. The Morgan fingerprint density at radius 3 is 2.84 bits per heavy atom. The molecule has 2 heterocycles. The molecule has 2 fully saturated rings. The van der Waals surface area contributed by atoms with Crippen LogP contribution in [0.3, 0.4) is 0 Å². The van der Waals surface area contributed by atoms with E-state index in [0.29, 0.717) is 12.5 Å². The van der Waals surface area contributed by atoms with Crippen molar-refractivity contribution >= 4 is 23.2 Å². The Labute approximate surface area is 154 Å². The van der Waals surface area contributed by atoms with Crippen molar-refractivity contribution in [2.24, 2.45) is 10.9 Å². The van der Waals surface area contributed by atoms with Gasteiger partial charge in [0.1, 0.15) is 5.01 Å². The Hall–Kier alpha value is -1.63. The largest absolute Gasteiger partial charge is 0.352 e. The Kier molecular flexibility index (Phi) is 6.29. The second-order valence-corrected chi connectivity index (χ2v) is 8.00. The first kappa shape index (κ1) is 18.2. The number of nitrogens with one attached hydrogen (secondary N) is 2. The molecule has 6 nitrogen and oxygen atoms in total. The van der Waals surface area contributed by atoms with Crippen molar-refractivity contribution < 1.29 is 4.79 Å². The molecule has 0 bridgehead atoms. The Balaban J connectivity index is 1.45. The molecular weight excluding hydrogens is 334 g/mol. The lowest BCUT2D eigenvalue weighted by atomic mass is 9.88. The van der Waals surface area contributed by atoms with Crippen molar-refractivity contribution in [3.63, 3.8) is 0 Å². The van der Waals surface area contributed by atoms with Crippen molar-refractivity contribution in [2.75, 3.05) is 20.1 Å². The summed E-state index contributed by atoms with van der Waals surface area (Å²) in [7, 11) is 1.78. The minimum atomic E-state index is 0.262. The van der Waals surface area contributed by atoms with Crippen LogP contribution >= 0.6 is 11.3 Å². The fraction of sp³-hybridized carbons (Fsp3) is 0.722. The first-order chi connectivity index (χ1) is 12.2. The van der Waals surface area contributed by atoms with Gasteiger partial charge in [0.2, 0.25) is 5.91 Å². The lowest BCUT2D eigenvalue weighted by Gasteiger charge is -2.26. The normalized spacial score (nSPS) is 22.2. The third kappa shape index (κ3) is 4.93. The maximum atomic E-state index is 12.7. The molecule has 1 aliphatic heterocycles. The number of likely N-dealkylation sites (tertiary alicyclic amines) is 1. The standard InChI is InChI=1S/C18H29N5OS/c1-13-12-25-16(21-13)10-20-18(19-2)22-15-8-9-23(11-15)17(24)14-6-4-3-5-7-14/h12,14-15H,3-11H2,1-2H3,(H2,19,20,22). The monoisotopic (exact) mass is 363 g/mol. The molecule has 0 radical (unpaired) electrons. The highest BCUT2D eigenvalue weighted by Crippen LogP contribution is 2.26. The van der Waals surface area contributed by atoms with Gasteiger partial charge >= 0.3 is 0 Å². The number of guanidine groups is 1. The molecule has 25 heavy (non-hydrogen) atoms. The maximum Gasteiger partial charge on any atom is 0.225 e. The summed E-state index contributed by atoms with van der Waals surface area (Å²) in [6.07, 6.45) is 6.83. The molecule has 1 aromatic rings. The van der Waals surface area contributed by atoms with Gasteiger partial charge in [-0.15, -0.1) is 11.3 Å². The van der Waals surface area contributed by atoms with Crippen molar-refractivity contribution in [1.29, 1.82) is 0 Å². The fourth-order valence-electron chi connectivity index (χ4n) is 3.72. The number of hydrogen-bond acceptors (Lipinski definition) is 4. The van der Waals surface area contributed by atoms with Gasteiger partial charge in [-0.3, -0.25) is 9.79 Å². The van der Waals surface area contributed by atoms with Crippen molar-refractivity contribution in [3.8, 4) is 0 Å². The van der Waals surface area contributed by atoms with Gasteiger partial charge in [-0.1, -0.05) is 19.3 Å². The Morgan fingerprint density at radius 2 is 2.16 bits per heavy atom. The molecule has 2 N–H and O–H groups in total. The van der Waals surface area contributed by atoms with E-state index >= 15 is 0 Å². The van der Waals surface area contributed by atoms with Crippen LogP contribution in [0.2, 0.25) is 0 Å². The van der Waals surface area contributed by atoms with E-state index in [4.69, 9.17) is 0 Å². The van der Waals surface area contributed by atoms with E-state index < -0.39 is 0 Å². The zero-order valence-electron chi connectivity index (χ0n) is 15.3. The van der Waals surface area contributed by atoms with Crippen LogP contribution in [0.15, 0.2) is 10.4 Å². The summed E-state index contributed by atoms with van der Waals surface area (Å²) in [5.41, 5.74) is 1.05. The van der Waals surface area contributed by atoms with Crippen LogP contribution in [-0.4, -0.2) is 47.9 Å². The lowest BCUT2D eigenvalue weighted by molar-refractivity contribution is -0.135. The lowest BCUT2D eigenvalue weighted by Crippen LogP contribution is -2.45. The van der Waals surface area contributed by atoms with Gasteiger partial charge < -0.3 is 15.5 Å². The summed E-state index contributed by atoms with van der Waals surface area (Å²) < 4.78 is 0. The van der Waals surface area contributed by atoms with Gasteiger partial charge in [0, 0.05) is 43.2 Å². The zero-order valence-corrected chi connectivity index (χ0v) is 16.1.